The lowest BCUT2D eigenvalue weighted by molar-refractivity contribution is 0.0418. The maximum atomic E-state index is 5.47. The first-order valence-electron chi connectivity index (χ1n) is 5.25. The molecule has 0 spiro atoms. The van der Waals surface area contributed by atoms with Crippen LogP contribution >= 0.6 is 0 Å². The summed E-state index contributed by atoms with van der Waals surface area (Å²) in [5.74, 6) is 0.830. The van der Waals surface area contributed by atoms with E-state index in [0.717, 1.165) is 19.1 Å². The van der Waals surface area contributed by atoms with Gasteiger partial charge in [0.15, 0.2) is 0 Å². The van der Waals surface area contributed by atoms with E-state index >= 15 is 0 Å². The maximum Gasteiger partial charge on any atom is 0.0506 e. The van der Waals surface area contributed by atoms with Crippen LogP contribution in [0.2, 0.25) is 0 Å². The van der Waals surface area contributed by atoms with Gasteiger partial charge >= 0.3 is 0 Å². The van der Waals surface area contributed by atoms with Gasteiger partial charge in [-0.1, -0.05) is 0 Å². The molecule has 0 saturated carbocycles. The summed E-state index contributed by atoms with van der Waals surface area (Å²) in [6.07, 6.45) is 5.48. The van der Waals surface area contributed by atoms with E-state index in [0.29, 0.717) is 0 Å². The van der Waals surface area contributed by atoms with Crippen LogP contribution in [0.3, 0.4) is 0 Å². The fourth-order valence-electron chi connectivity index (χ4n) is 2.28. The fraction of sp³-hybridized carbons (Fsp3) is 1.00. The molecule has 0 aromatic carbocycles. The Morgan fingerprint density at radius 2 is 2.00 bits per heavy atom. The topological polar surface area (TPSA) is 12.5 Å². The summed E-state index contributed by atoms with van der Waals surface area (Å²) in [4.78, 5) is 2.60. The van der Waals surface area contributed by atoms with E-state index in [1.807, 2.05) is 0 Å². The molecule has 2 nitrogen and oxygen atoms in total. The van der Waals surface area contributed by atoms with Crippen molar-refractivity contribution < 1.29 is 4.74 Å². The zero-order chi connectivity index (χ0) is 8.23. The van der Waals surface area contributed by atoms with E-state index in [9.17, 15) is 0 Å². The average Bonchev–Trinajstić information content (AvgIpc) is 2.59. The molecule has 0 bridgehead atoms. The summed E-state index contributed by atoms with van der Waals surface area (Å²) in [6.45, 7) is 5.96. The number of rotatable bonds is 2. The second-order valence-corrected chi connectivity index (χ2v) is 4.09. The van der Waals surface area contributed by atoms with E-state index in [2.05, 4.69) is 4.90 Å². The molecule has 0 radical (unpaired) electrons. The van der Waals surface area contributed by atoms with Crippen LogP contribution < -0.4 is 0 Å². The average molecular weight is 169 g/mol. The van der Waals surface area contributed by atoms with Crippen molar-refractivity contribution in [2.24, 2.45) is 5.92 Å². The summed E-state index contributed by atoms with van der Waals surface area (Å²) < 4.78 is 5.47. The van der Waals surface area contributed by atoms with Crippen molar-refractivity contribution in [3.63, 3.8) is 0 Å². The van der Waals surface area contributed by atoms with Crippen LogP contribution in [0.5, 0.6) is 0 Å². The minimum Gasteiger partial charge on any atom is -0.381 e. The van der Waals surface area contributed by atoms with Crippen molar-refractivity contribution in [3.8, 4) is 0 Å². The molecule has 0 aromatic heterocycles. The van der Waals surface area contributed by atoms with E-state index in [4.69, 9.17) is 4.74 Å². The molecular weight excluding hydrogens is 150 g/mol. The Balaban J connectivity index is 1.69. The first-order valence-corrected chi connectivity index (χ1v) is 5.25. The van der Waals surface area contributed by atoms with Crippen LogP contribution in [0, 0.1) is 5.92 Å². The van der Waals surface area contributed by atoms with Crippen molar-refractivity contribution in [1.29, 1.82) is 0 Å². The van der Waals surface area contributed by atoms with Gasteiger partial charge in [0.2, 0.25) is 0 Å². The molecular formula is C10H19NO. The second kappa shape index (κ2) is 4.24. The Morgan fingerprint density at radius 1 is 1.17 bits per heavy atom. The third-order valence-corrected chi connectivity index (χ3v) is 2.97. The van der Waals surface area contributed by atoms with Crippen LogP contribution in [0.1, 0.15) is 25.7 Å². The maximum absolute atomic E-state index is 5.47. The fourth-order valence-corrected chi connectivity index (χ4v) is 2.28. The van der Waals surface area contributed by atoms with E-state index < -0.39 is 0 Å². The quantitative estimate of drug-likeness (QED) is 0.621. The lowest BCUT2D eigenvalue weighted by Gasteiger charge is -2.26. The molecule has 1 atom stereocenters. The van der Waals surface area contributed by atoms with Gasteiger partial charge in [-0.25, -0.2) is 0 Å². The van der Waals surface area contributed by atoms with Crippen LogP contribution in [-0.2, 0) is 4.74 Å². The van der Waals surface area contributed by atoms with Gasteiger partial charge in [-0.05, 0) is 44.7 Å². The monoisotopic (exact) mass is 169 g/mol. The molecule has 12 heavy (non-hydrogen) atoms. The molecule has 0 amide bonds. The van der Waals surface area contributed by atoms with Gasteiger partial charge in [-0.15, -0.1) is 0 Å². The molecule has 2 aliphatic heterocycles. The number of hydrogen-bond acceptors (Lipinski definition) is 2. The zero-order valence-corrected chi connectivity index (χ0v) is 7.80. The third kappa shape index (κ3) is 2.20. The molecule has 0 aromatic rings. The Labute approximate surface area is 74.9 Å². The predicted octanol–water partition coefficient (Wildman–Crippen LogP) is 1.51. The summed E-state index contributed by atoms with van der Waals surface area (Å²) in [5.41, 5.74) is 0. The molecule has 2 fully saturated rings. The highest BCUT2D eigenvalue weighted by molar-refractivity contribution is 4.72. The summed E-state index contributed by atoms with van der Waals surface area (Å²) in [5, 5.41) is 0. The van der Waals surface area contributed by atoms with E-state index in [1.54, 1.807) is 0 Å². The molecule has 0 aliphatic carbocycles. The van der Waals surface area contributed by atoms with Crippen LogP contribution in [0.15, 0.2) is 0 Å². The van der Waals surface area contributed by atoms with Crippen LogP contribution in [-0.4, -0.2) is 37.7 Å². The van der Waals surface area contributed by atoms with Gasteiger partial charge < -0.3 is 9.64 Å². The molecule has 2 aliphatic rings. The third-order valence-electron chi connectivity index (χ3n) is 2.97. The summed E-state index contributed by atoms with van der Waals surface area (Å²) >= 11 is 0. The number of hydrogen-bond donors (Lipinski definition) is 0. The largest absolute Gasteiger partial charge is 0.381 e. The van der Waals surface area contributed by atoms with Gasteiger partial charge in [0.1, 0.15) is 0 Å². The second-order valence-electron chi connectivity index (χ2n) is 4.09. The van der Waals surface area contributed by atoms with Gasteiger partial charge in [-0.3, -0.25) is 0 Å². The Bertz CT molecular complexity index is 126. The SMILES string of the molecule is C1COCC(CN2CCCC2)C1. The van der Waals surface area contributed by atoms with Gasteiger partial charge in [0, 0.05) is 13.2 Å². The smallest absolute Gasteiger partial charge is 0.0506 e. The zero-order valence-electron chi connectivity index (χ0n) is 7.80. The van der Waals surface area contributed by atoms with Crippen molar-refractivity contribution in [2.75, 3.05) is 32.8 Å². The van der Waals surface area contributed by atoms with Crippen molar-refractivity contribution >= 4 is 0 Å². The molecule has 2 heteroatoms. The van der Waals surface area contributed by atoms with Crippen molar-refractivity contribution in [2.45, 2.75) is 25.7 Å². The lowest BCUT2D eigenvalue weighted by atomic mass is 10.0. The number of ether oxygens (including phenoxy) is 1. The first kappa shape index (κ1) is 8.52. The van der Waals surface area contributed by atoms with Crippen molar-refractivity contribution in [1.82, 2.24) is 4.90 Å². The highest BCUT2D eigenvalue weighted by atomic mass is 16.5. The van der Waals surface area contributed by atoms with E-state index in [-0.39, 0.29) is 0 Å². The van der Waals surface area contributed by atoms with Crippen LogP contribution in [0.25, 0.3) is 0 Å². The molecule has 0 N–H and O–H groups in total. The normalized spacial score (nSPS) is 32.5. The van der Waals surface area contributed by atoms with Crippen LogP contribution in [0.4, 0.5) is 0 Å². The molecule has 2 heterocycles. The number of nitrogens with zero attached hydrogens (tertiary/aromatic N) is 1. The number of likely N-dealkylation sites (tertiary alicyclic amines) is 1. The molecule has 70 valence electrons. The predicted molar refractivity (Wildman–Crippen MR) is 49.2 cm³/mol. The van der Waals surface area contributed by atoms with Crippen molar-refractivity contribution in [3.05, 3.63) is 0 Å². The first-order chi connectivity index (χ1) is 5.95. The Morgan fingerprint density at radius 3 is 2.67 bits per heavy atom. The molecule has 2 saturated heterocycles. The highest BCUT2D eigenvalue weighted by Crippen LogP contribution is 2.17. The highest BCUT2D eigenvalue weighted by Gasteiger charge is 2.19. The molecule has 1 unspecified atom stereocenters. The lowest BCUT2D eigenvalue weighted by Crippen LogP contribution is -2.31. The van der Waals surface area contributed by atoms with Gasteiger partial charge in [0.05, 0.1) is 6.61 Å². The minimum atomic E-state index is 0.830. The van der Waals surface area contributed by atoms with E-state index in [1.165, 1.54) is 45.3 Å². The van der Waals surface area contributed by atoms with Gasteiger partial charge in [0.25, 0.3) is 0 Å². The summed E-state index contributed by atoms with van der Waals surface area (Å²) in [7, 11) is 0. The Hall–Kier alpha value is -0.0800. The Kier molecular flexibility index (Phi) is 3.01. The minimum absolute atomic E-state index is 0.830. The van der Waals surface area contributed by atoms with Gasteiger partial charge in [-0.2, -0.15) is 0 Å². The summed E-state index contributed by atoms with van der Waals surface area (Å²) in [6, 6.07) is 0. The molecule has 2 rings (SSSR count). The standard InChI is InChI=1S/C10H19NO/c1-2-6-11(5-1)8-10-4-3-7-12-9-10/h10H,1-9H2.